The van der Waals surface area contributed by atoms with E-state index in [0.717, 1.165) is 22.6 Å². The second-order valence-electron chi connectivity index (χ2n) is 5.38. The molecule has 0 radical (unpaired) electrons. The number of ether oxygens (including phenoxy) is 1. The number of nitrogens with one attached hydrogen (secondary N) is 1. The molecule has 0 saturated heterocycles. The molecule has 0 unspecified atom stereocenters. The highest BCUT2D eigenvalue weighted by molar-refractivity contribution is 7.89. The summed E-state index contributed by atoms with van der Waals surface area (Å²) in [7, 11) is 3.34. The van der Waals surface area contributed by atoms with Crippen LogP contribution in [0.25, 0.3) is 0 Å². The van der Waals surface area contributed by atoms with Crippen LogP contribution in [0.3, 0.4) is 0 Å². The molecule has 0 aromatic heterocycles. The van der Waals surface area contributed by atoms with Crippen LogP contribution in [0, 0.1) is 0 Å². The summed E-state index contributed by atoms with van der Waals surface area (Å²) in [5.41, 5.74) is 2.68. The second kappa shape index (κ2) is 7.02. The Kier molecular flexibility index (Phi) is 5.28. The van der Waals surface area contributed by atoms with Crippen molar-refractivity contribution in [2.24, 2.45) is 0 Å². The molecular formula is C17H22N2O3S. The van der Waals surface area contributed by atoms with E-state index >= 15 is 0 Å². The molecule has 23 heavy (non-hydrogen) atoms. The summed E-state index contributed by atoms with van der Waals surface area (Å²) in [5.74, 6) is 0.776. The van der Waals surface area contributed by atoms with E-state index < -0.39 is 10.0 Å². The summed E-state index contributed by atoms with van der Waals surface area (Å²) in [6.07, 6.45) is 0.522. The Hall–Kier alpha value is -2.05. The number of rotatable bonds is 6. The number of hydrogen-bond acceptors (Lipinski definition) is 4. The Labute approximate surface area is 137 Å². The van der Waals surface area contributed by atoms with E-state index in [1.165, 1.54) is 7.05 Å². The molecule has 2 aromatic rings. The van der Waals surface area contributed by atoms with Gasteiger partial charge >= 0.3 is 0 Å². The smallest absolute Gasteiger partial charge is 0.240 e. The normalized spacial score (nSPS) is 11.3. The molecule has 0 aliphatic carbocycles. The monoisotopic (exact) mass is 334 g/mol. The van der Waals surface area contributed by atoms with Gasteiger partial charge < -0.3 is 9.64 Å². The second-order valence-corrected chi connectivity index (χ2v) is 7.24. The Morgan fingerprint density at radius 1 is 1.09 bits per heavy atom. The first-order valence-corrected chi connectivity index (χ1v) is 8.73. The van der Waals surface area contributed by atoms with Gasteiger partial charge in [-0.2, -0.15) is 0 Å². The molecule has 0 aliphatic heterocycles. The predicted molar refractivity (Wildman–Crippen MR) is 92.8 cm³/mol. The molecule has 0 fully saturated rings. The van der Waals surface area contributed by atoms with Gasteiger partial charge in [-0.15, -0.1) is 0 Å². The first-order valence-electron chi connectivity index (χ1n) is 7.24. The first kappa shape index (κ1) is 17.3. The van der Waals surface area contributed by atoms with Crippen LogP contribution in [0.4, 0.5) is 5.69 Å². The Balaban J connectivity index is 2.53. The number of anilines is 1. The van der Waals surface area contributed by atoms with E-state index in [4.69, 9.17) is 4.74 Å². The number of hydrogen-bond donors (Lipinski definition) is 1. The summed E-state index contributed by atoms with van der Waals surface area (Å²) in [4.78, 5) is 2.23. The van der Waals surface area contributed by atoms with Crippen LogP contribution in [0.5, 0.6) is 5.75 Å². The summed E-state index contributed by atoms with van der Waals surface area (Å²) >= 11 is 0. The molecule has 0 heterocycles. The SMILES string of the molecule is CNS(=O)(=O)c1cccc(N(C)C)c1Cc1ccc(OC)cc1. The summed E-state index contributed by atoms with van der Waals surface area (Å²) in [6.45, 7) is 0. The van der Waals surface area contributed by atoms with Crippen LogP contribution < -0.4 is 14.4 Å². The molecule has 1 N–H and O–H groups in total. The van der Waals surface area contributed by atoms with Gasteiger partial charge in [0, 0.05) is 26.2 Å². The highest BCUT2D eigenvalue weighted by Crippen LogP contribution is 2.29. The lowest BCUT2D eigenvalue weighted by molar-refractivity contribution is 0.414. The lowest BCUT2D eigenvalue weighted by Crippen LogP contribution is -2.22. The van der Waals surface area contributed by atoms with Gasteiger partial charge in [-0.25, -0.2) is 13.1 Å². The third kappa shape index (κ3) is 3.83. The summed E-state index contributed by atoms with van der Waals surface area (Å²) in [6, 6.07) is 13.0. The van der Waals surface area contributed by atoms with Gasteiger partial charge in [0.1, 0.15) is 5.75 Å². The number of nitrogens with zero attached hydrogens (tertiary/aromatic N) is 1. The molecule has 0 amide bonds. The molecule has 0 spiro atoms. The standard InChI is InChI=1S/C17H22N2O3S/c1-18-23(20,21)17-7-5-6-16(19(2)3)15(17)12-13-8-10-14(22-4)11-9-13/h5-11,18H,12H2,1-4H3. The largest absolute Gasteiger partial charge is 0.497 e. The minimum absolute atomic E-state index is 0.307. The van der Waals surface area contributed by atoms with Crippen molar-refractivity contribution in [3.8, 4) is 5.75 Å². The number of sulfonamides is 1. The van der Waals surface area contributed by atoms with Gasteiger partial charge in [0.2, 0.25) is 10.0 Å². The van der Waals surface area contributed by atoms with E-state index in [2.05, 4.69) is 4.72 Å². The average molecular weight is 334 g/mol. The van der Waals surface area contributed by atoms with Crippen molar-refractivity contribution in [1.29, 1.82) is 0 Å². The predicted octanol–water partition coefficient (Wildman–Crippen LogP) is 2.26. The first-order chi connectivity index (χ1) is 10.9. The Morgan fingerprint density at radius 3 is 2.26 bits per heavy atom. The zero-order valence-electron chi connectivity index (χ0n) is 13.8. The molecule has 5 nitrogen and oxygen atoms in total. The van der Waals surface area contributed by atoms with E-state index in [0.29, 0.717) is 11.3 Å². The quantitative estimate of drug-likeness (QED) is 0.880. The van der Waals surface area contributed by atoms with E-state index in [1.807, 2.05) is 49.3 Å². The molecular weight excluding hydrogens is 312 g/mol. The van der Waals surface area contributed by atoms with Crippen LogP contribution in [0.15, 0.2) is 47.4 Å². The van der Waals surface area contributed by atoms with Gasteiger partial charge in [0.05, 0.1) is 12.0 Å². The van der Waals surface area contributed by atoms with Crippen molar-refractivity contribution in [3.63, 3.8) is 0 Å². The van der Waals surface area contributed by atoms with Crippen molar-refractivity contribution in [1.82, 2.24) is 4.72 Å². The van der Waals surface area contributed by atoms with Gasteiger partial charge in [-0.3, -0.25) is 0 Å². The van der Waals surface area contributed by atoms with Gasteiger partial charge in [-0.1, -0.05) is 18.2 Å². The third-order valence-electron chi connectivity index (χ3n) is 3.69. The topological polar surface area (TPSA) is 58.6 Å². The molecule has 0 aliphatic rings. The van der Waals surface area contributed by atoms with E-state index in [1.54, 1.807) is 19.2 Å². The van der Waals surface area contributed by atoms with Crippen LogP contribution in [-0.4, -0.2) is 36.7 Å². The molecule has 6 heteroatoms. The Bertz CT molecular complexity index is 769. The molecule has 0 saturated carbocycles. The molecule has 2 rings (SSSR count). The van der Waals surface area contributed by atoms with Crippen molar-refractivity contribution in [2.75, 3.05) is 33.2 Å². The lowest BCUT2D eigenvalue weighted by atomic mass is 10.0. The lowest BCUT2D eigenvalue weighted by Gasteiger charge is -2.20. The third-order valence-corrected chi connectivity index (χ3v) is 5.19. The minimum atomic E-state index is -3.52. The fourth-order valence-electron chi connectivity index (χ4n) is 2.46. The van der Waals surface area contributed by atoms with E-state index in [-0.39, 0.29) is 0 Å². The van der Waals surface area contributed by atoms with Crippen LogP contribution >= 0.6 is 0 Å². The highest BCUT2D eigenvalue weighted by atomic mass is 32.2. The maximum absolute atomic E-state index is 12.3. The van der Waals surface area contributed by atoms with Crippen molar-refractivity contribution in [3.05, 3.63) is 53.6 Å². The molecule has 0 atom stereocenters. The fraction of sp³-hybridized carbons (Fsp3) is 0.294. The van der Waals surface area contributed by atoms with Crippen LogP contribution in [0.1, 0.15) is 11.1 Å². The fourth-order valence-corrected chi connectivity index (χ4v) is 3.44. The molecule has 0 bridgehead atoms. The maximum Gasteiger partial charge on any atom is 0.240 e. The maximum atomic E-state index is 12.3. The van der Waals surface area contributed by atoms with Gasteiger partial charge in [0.25, 0.3) is 0 Å². The van der Waals surface area contributed by atoms with Crippen molar-refractivity contribution in [2.45, 2.75) is 11.3 Å². The van der Waals surface area contributed by atoms with Crippen LogP contribution in [-0.2, 0) is 16.4 Å². The minimum Gasteiger partial charge on any atom is -0.497 e. The molecule has 2 aromatic carbocycles. The zero-order chi connectivity index (χ0) is 17.0. The van der Waals surface area contributed by atoms with E-state index in [9.17, 15) is 8.42 Å². The van der Waals surface area contributed by atoms with Crippen LogP contribution in [0.2, 0.25) is 0 Å². The number of methoxy groups -OCH3 is 1. The zero-order valence-corrected chi connectivity index (χ0v) is 14.6. The average Bonchev–Trinajstić information content (AvgIpc) is 2.55. The molecule has 124 valence electrons. The summed E-state index contributed by atoms with van der Waals surface area (Å²) < 4.78 is 32.2. The van der Waals surface area contributed by atoms with Crippen molar-refractivity contribution < 1.29 is 13.2 Å². The number of benzene rings is 2. The van der Waals surface area contributed by atoms with Gasteiger partial charge in [0.15, 0.2) is 0 Å². The Morgan fingerprint density at radius 2 is 1.74 bits per heavy atom. The highest BCUT2D eigenvalue weighted by Gasteiger charge is 2.20. The van der Waals surface area contributed by atoms with Gasteiger partial charge in [-0.05, 0) is 42.4 Å². The van der Waals surface area contributed by atoms with Crippen molar-refractivity contribution >= 4 is 15.7 Å². The summed E-state index contributed by atoms with van der Waals surface area (Å²) in [5, 5.41) is 0.